The summed E-state index contributed by atoms with van der Waals surface area (Å²) >= 11 is 0. The van der Waals surface area contributed by atoms with Crippen LogP contribution < -0.4 is 10.6 Å². The van der Waals surface area contributed by atoms with Crippen molar-refractivity contribution >= 4 is 17.6 Å². The van der Waals surface area contributed by atoms with Gasteiger partial charge in [-0.3, -0.25) is 14.4 Å². The second-order valence-electron chi connectivity index (χ2n) is 5.37. The van der Waals surface area contributed by atoms with Gasteiger partial charge in [-0.15, -0.1) is 0 Å². The Bertz CT molecular complexity index is 374. The summed E-state index contributed by atoms with van der Waals surface area (Å²) in [5.41, 5.74) is 0. The number of amides is 2. The van der Waals surface area contributed by atoms with Gasteiger partial charge in [-0.1, -0.05) is 13.8 Å². The van der Waals surface area contributed by atoms with Gasteiger partial charge in [0.1, 0.15) is 13.2 Å². The molecule has 8 nitrogen and oxygen atoms in total. The first-order valence-corrected chi connectivity index (χ1v) is 8.26. The highest BCUT2D eigenvalue weighted by Gasteiger charge is 2.07. The quantitative estimate of drug-likeness (QED) is 0.402. The molecule has 0 spiro atoms. The van der Waals surface area contributed by atoms with E-state index < -0.39 is 0 Å². The molecule has 2 amide bonds. The zero-order valence-electron chi connectivity index (χ0n) is 14.9. The molecule has 0 rings (SSSR count). The molecule has 140 valence electrons. The summed E-state index contributed by atoms with van der Waals surface area (Å²) in [6, 6.07) is 0. The second-order valence-corrected chi connectivity index (χ2v) is 5.37. The van der Waals surface area contributed by atoms with Gasteiger partial charge in [-0.2, -0.15) is 0 Å². The Morgan fingerprint density at radius 2 is 1.46 bits per heavy atom. The molecule has 8 heteroatoms. The molecule has 0 radical (unpaired) electrons. The average molecular weight is 346 g/mol. The molecule has 0 saturated carbocycles. The molecule has 0 atom stereocenters. The Kier molecular flexibility index (Phi) is 14.1. The standard InChI is InChI=1S/C16H30N2O6/c1-4-22-9-10-24-12-16(21)17-6-5-15(20)18-7-8-23-11-14(19)13(2)3/h13H,4-12H2,1-3H3,(H,17,21)(H,18,20). The summed E-state index contributed by atoms with van der Waals surface area (Å²) in [6.07, 6.45) is 0.176. The molecule has 0 aliphatic carbocycles. The average Bonchev–Trinajstić information content (AvgIpc) is 2.54. The molecule has 0 unspecified atom stereocenters. The van der Waals surface area contributed by atoms with Gasteiger partial charge in [-0.05, 0) is 6.92 Å². The molecule has 2 N–H and O–H groups in total. The van der Waals surface area contributed by atoms with E-state index in [2.05, 4.69) is 10.6 Å². The normalized spacial score (nSPS) is 10.7. The monoisotopic (exact) mass is 346 g/mol. The predicted molar refractivity (Wildman–Crippen MR) is 88.6 cm³/mol. The number of Topliss-reactive ketones (excluding diaryl/α,β-unsaturated/α-hetero) is 1. The van der Waals surface area contributed by atoms with Crippen LogP contribution in [0.2, 0.25) is 0 Å². The first-order valence-electron chi connectivity index (χ1n) is 8.26. The van der Waals surface area contributed by atoms with Crippen LogP contribution in [0.5, 0.6) is 0 Å². The predicted octanol–water partition coefficient (Wildman–Crippen LogP) is -0.0963. The number of ketones is 1. The molecule has 0 fully saturated rings. The highest BCUT2D eigenvalue weighted by Crippen LogP contribution is 1.93. The number of hydrogen-bond acceptors (Lipinski definition) is 6. The minimum atomic E-state index is -0.269. The van der Waals surface area contributed by atoms with Crippen LogP contribution in [0.4, 0.5) is 0 Å². The van der Waals surface area contributed by atoms with Gasteiger partial charge in [0.25, 0.3) is 0 Å². The smallest absolute Gasteiger partial charge is 0.246 e. The molecule has 0 aliphatic rings. The third kappa shape index (κ3) is 14.1. The van der Waals surface area contributed by atoms with Gasteiger partial charge >= 0.3 is 0 Å². The van der Waals surface area contributed by atoms with E-state index in [4.69, 9.17) is 14.2 Å². The minimum absolute atomic E-state index is 0.0347. The molecule has 0 aromatic carbocycles. The van der Waals surface area contributed by atoms with Gasteiger partial charge in [0.05, 0.1) is 19.8 Å². The van der Waals surface area contributed by atoms with Crippen molar-refractivity contribution in [3.63, 3.8) is 0 Å². The fourth-order valence-electron chi connectivity index (χ4n) is 1.48. The summed E-state index contributed by atoms with van der Waals surface area (Å²) < 4.78 is 15.3. The Balaban J connectivity index is 3.46. The number of rotatable bonds is 15. The van der Waals surface area contributed by atoms with Crippen molar-refractivity contribution in [2.24, 2.45) is 5.92 Å². The second kappa shape index (κ2) is 15.0. The maximum absolute atomic E-state index is 11.5. The number of nitrogens with one attached hydrogen (secondary N) is 2. The van der Waals surface area contributed by atoms with Crippen LogP contribution in [0.3, 0.4) is 0 Å². The zero-order chi connectivity index (χ0) is 18.2. The van der Waals surface area contributed by atoms with Crippen molar-refractivity contribution < 1.29 is 28.6 Å². The largest absolute Gasteiger partial charge is 0.379 e. The molecule has 0 aromatic rings. The van der Waals surface area contributed by atoms with E-state index in [1.54, 1.807) is 0 Å². The maximum Gasteiger partial charge on any atom is 0.246 e. The van der Waals surface area contributed by atoms with E-state index in [0.717, 1.165) is 0 Å². The van der Waals surface area contributed by atoms with Crippen molar-refractivity contribution in [2.45, 2.75) is 27.2 Å². The highest BCUT2D eigenvalue weighted by atomic mass is 16.5. The molecule has 0 bridgehead atoms. The summed E-state index contributed by atoms with van der Waals surface area (Å²) in [5, 5.41) is 5.24. The van der Waals surface area contributed by atoms with Crippen molar-refractivity contribution in [1.82, 2.24) is 10.6 Å². The van der Waals surface area contributed by atoms with E-state index in [1.165, 1.54) is 0 Å². The Morgan fingerprint density at radius 3 is 2.12 bits per heavy atom. The fourth-order valence-corrected chi connectivity index (χ4v) is 1.48. The lowest BCUT2D eigenvalue weighted by atomic mass is 10.1. The number of ether oxygens (including phenoxy) is 3. The van der Waals surface area contributed by atoms with E-state index in [0.29, 0.717) is 26.4 Å². The summed E-state index contributed by atoms with van der Waals surface area (Å²) in [4.78, 5) is 34.2. The highest BCUT2D eigenvalue weighted by molar-refractivity contribution is 5.81. The molecule has 0 heterocycles. The van der Waals surface area contributed by atoms with Crippen LogP contribution in [-0.4, -0.2) is 70.3 Å². The number of carbonyl (C=O) groups is 3. The minimum Gasteiger partial charge on any atom is -0.379 e. The van der Waals surface area contributed by atoms with Crippen molar-refractivity contribution in [2.75, 3.05) is 52.7 Å². The van der Waals surface area contributed by atoms with Crippen molar-refractivity contribution in [1.29, 1.82) is 0 Å². The van der Waals surface area contributed by atoms with Gasteiger partial charge in [0.2, 0.25) is 11.8 Å². The lowest BCUT2D eigenvalue weighted by Gasteiger charge is -2.08. The van der Waals surface area contributed by atoms with E-state index in [9.17, 15) is 14.4 Å². The Labute approximate surface area is 143 Å². The van der Waals surface area contributed by atoms with Crippen molar-refractivity contribution in [3.05, 3.63) is 0 Å². The molecular formula is C16H30N2O6. The van der Waals surface area contributed by atoms with Crippen LogP contribution in [0.15, 0.2) is 0 Å². The Hall–Kier alpha value is -1.51. The molecule has 0 aliphatic heterocycles. The van der Waals surface area contributed by atoms with Gasteiger partial charge in [0, 0.05) is 32.0 Å². The molecular weight excluding hydrogens is 316 g/mol. The van der Waals surface area contributed by atoms with Gasteiger partial charge in [-0.25, -0.2) is 0 Å². The lowest BCUT2D eigenvalue weighted by Crippen LogP contribution is -2.34. The number of hydrogen-bond donors (Lipinski definition) is 2. The van der Waals surface area contributed by atoms with Crippen molar-refractivity contribution in [3.8, 4) is 0 Å². The maximum atomic E-state index is 11.5. The molecule has 0 saturated heterocycles. The summed E-state index contributed by atoms with van der Waals surface area (Å²) in [6.45, 7) is 7.81. The molecule has 24 heavy (non-hydrogen) atoms. The third-order valence-corrected chi connectivity index (χ3v) is 2.94. The van der Waals surface area contributed by atoms with Crippen LogP contribution in [-0.2, 0) is 28.6 Å². The first kappa shape index (κ1) is 22.5. The topological polar surface area (TPSA) is 103 Å². The zero-order valence-corrected chi connectivity index (χ0v) is 14.9. The summed E-state index contributed by atoms with van der Waals surface area (Å²) in [5.74, 6) is -0.472. The Morgan fingerprint density at radius 1 is 0.833 bits per heavy atom. The first-order chi connectivity index (χ1) is 11.5. The van der Waals surface area contributed by atoms with Gasteiger partial charge in [0.15, 0.2) is 5.78 Å². The third-order valence-electron chi connectivity index (χ3n) is 2.94. The van der Waals surface area contributed by atoms with Crippen LogP contribution >= 0.6 is 0 Å². The summed E-state index contributed by atoms with van der Waals surface area (Å²) in [7, 11) is 0. The van der Waals surface area contributed by atoms with Crippen LogP contribution in [0, 0.1) is 5.92 Å². The fraction of sp³-hybridized carbons (Fsp3) is 0.812. The lowest BCUT2D eigenvalue weighted by molar-refractivity contribution is -0.127. The number of carbonyl (C=O) groups excluding carboxylic acids is 3. The molecule has 0 aromatic heterocycles. The van der Waals surface area contributed by atoms with Gasteiger partial charge < -0.3 is 24.8 Å². The van der Waals surface area contributed by atoms with E-state index >= 15 is 0 Å². The van der Waals surface area contributed by atoms with Crippen LogP contribution in [0.1, 0.15) is 27.2 Å². The van der Waals surface area contributed by atoms with E-state index in [1.807, 2.05) is 20.8 Å². The van der Waals surface area contributed by atoms with E-state index in [-0.39, 0.29) is 56.3 Å². The van der Waals surface area contributed by atoms with Crippen LogP contribution in [0.25, 0.3) is 0 Å². The SMILES string of the molecule is CCOCCOCC(=O)NCCC(=O)NCCOCC(=O)C(C)C.